The Labute approximate surface area is 134 Å². The number of pyridine rings is 1. The second kappa shape index (κ2) is 5.64. The lowest BCUT2D eigenvalue weighted by molar-refractivity contribution is 0.458. The van der Waals surface area contributed by atoms with E-state index in [0.29, 0.717) is 22.5 Å². The Morgan fingerprint density at radius 3 is 2.85 bits per heavy atom. The van der Waals surface area contributed by atoms with E-state index in [1.54, 1.807) is 18.2 Å². The van der Waals surface area contributed by atoms with Crippen molar-refractivity contribution >= 4 is 44.8 Å². The first kappa shape index (κ1) is 13.7. The fourth-order valence-corrected chi connectivity index (χ4v) is 2.90. The molecule has 0 radical (unpaired) electrons. The predicted molar refractivity (Wildman–Crippen MR) is 84.0 cm³/mol. The van der Waals surface area contributed by atoms with Crippen LogP contribution in [0.5, 0.6) is 11.6 Å². The number of benzene rings is 1. The normalized spacial score (nSPS) is 10.9. The highest BCUT2D eigenvalue weighted by Crippen LogP contribution is 2.33. The molecule has 3 aromatic rings. The highest BCUT2D eigenvalue weighted by atomic mass is 79.9. The fourth-order valence-electron chi connectivity index (χ4n) is 1.89. The summed E-state index contributed by atoms with van der Waals surface area (Å²) >= 11 is 15.3. The van der Waals surface area contributed by atoms with Crippen molar-refractivity contribution in [2.75, 3.05) is 0 Å². The van der Waals surface area contributed by atoms with Gasteiger partial charge >= 0.3 is 0 Å². The van der Waals surface area contributed by atoms with E-state index >= 15 is 0 Å². The van der Waals surface area contributed by atoms with Crippen molar-refractivity contribution in [3.63, 3.8) is 0 Å². The Kier molecular flexibility index (Phi) is 3.87. The van der Waals surface area contributed by atoms with Crippen LogP contribution in [0.4, 0.5) is 0 Å². The molecule has 3 rings (SSSR count). The summed E-state index contributed by atoms with van der Waals surface area (Å²) in [5.74, 6) is 1.45. The van der Waals surface area contributed by atoms with Crippen molar-refractivity contribution in [3.05, 3.63) is 57.8 Å². The summed E-state index contributed by atoms with van der Waals surface area (Å²) in [5.41, 5.74) is 1.60. The molecule has 102 valence electrons. The van der Waals surface area contributed by atoms with Gasteiger partial charge in [0, 0.05) is 11.2 Å². The number of halogens is 3. The third-order valence-corrected chi connectivity index (χ3v) is 3.93. The van der Waals surface area contributed by atoms with Crippen LogP contribution in [0.2, 0.25) is 5.02 Å². The number of fused-ring (bicyclic) bond motifs is 1. The van der Waals surface area contributed by atoms with Crippen LogP contribution in [0.15, 0.2) is 47.1 Å². The first-order valence-electron chi connectivity index (χ1n) is 5.84. The van der Waals surface area contributed by atoms with E-state index in [4.69, 9.17) is 27.9 Å². The first-order valence-corrected chi connectivity index (χ1v) is 7.54. The summed E-state index contributed by atoms with van der Waals surface area (Å²) < 4.78 is 8.52. The van der Waals surface area contributed by atoms with Crippen molar-refractivity contribution in [3.8, 4) is 11.6 Å². The molecule has 0 amide bonds. The minimum atomic E-state index is 0.311. The Hall–Kier alpha value is -1.23. The SMILES string of the molecule is ClCc1c(Oc2ccc(Cl)cc2Br)nc2ccccn12. The topological polar surface area (TPSA) is 26.5 Å². The third-order valence-electron chi connectivity index (χ3n) is 2.82. The van der Waals surface area contributed by atoms with Crippen LogP contribution in [0.25, 0.3) is 5.65 Å². The number of ether oxygens (including phenoxy) is 1. The molecule has 0 saturated carbocycles. The van der Waals surface area contributed by atoms with Crippen molar-refractivity contribution in [1.29, 1.82) is 0 Å². The van der Waals surface area contributed by atoms with Crippen LogP contribution >= 0.6 is 39.1 Å². The second-order valence-corrected chi connectivity index (χ2v) is 5.66. The number of hydrogen-bond acceptors (Lipinski definition) is 2. The smallest absolute Gasteiger partial charge is 0.242 e. The van der Waals surface area contributed by atoms with E-state index in [1.807, 2.05) is 28.8 Å². The van der Waals surface area contributed by atoms with E-state index in [-0.39, 0.29) is 0 Å². The van der Waals surface area contributed by atoms with E-state index in [9.17, 15) is 0 Å². The lowest BCUT2D eigenvalue weighted by atomic mass is 10.3. The number of alkyl halides is 1. The van der Waals surface area contributed by atoms with Crippen molar-refractivity contribution in [2.45, 2.75) is 5.88 Å². The molecule has 0 unspecified atom stereocenters. The van der Waals surface area contributed by atoms with E-state index in [0.717, 1.165) is 15.8 Å². The van der Waals surface area contributed by atoms with Gasteiger partial charge in [-0.05, 0) is 46.3 Å². The second-order valence-electron chi connectivity index (χ2n) is 4.10. The lowest BCUT2D eigenvalue weighted by Crippen LogP contribution is -1.92. The third kappa shape index (κ3) is 2.51. The molecule has 0 bridgehead atoms. The van der Waals surface area contributed by atoms with Gasteiger partial charge in [-0.1, -0.05) is 17.7 Å². The number of imidazole rings is 1. The summed E-state index contributed by atoms with van der Waals surface area (Å²) in [5, 5.41) is 0.636. The van der Waals surface area contributed by atoms with E-state index in [2.05, 4.69) is 20.9 Å². The van der Waals surface area contributed by atoms with Gasteiger partial charge in [-0.3, -0.25) is 4.40 Å². The summed E-state index contributed by atoms with van der Waals surface area (Å²) in [4.78, 5) is 4.44. The van der Waals surface area contributed by atoms with Gasteiger partial charge in [0.25, 0.3) is 0 Å². The molecule has 0 spiro atoms. The zero-order valence-corrected chi connectivity index (χ0v) is 13.3. The monoisotopic (exact) mass is 370 g/mol. The largest absolute Gasteiger partial charge is 0.436 e. The predicted octanol–water partition coefficient (Wildman–Crippen LogP) is 5.28. The van der Waals surface area contributed by atoms with Gasteiger partial charge in [0.05, 0.1) is 10.4 Å². The zero-order chi connectivity index (χ0) is 14.1. The van der Waals surface area contributed by atoms with Gasteiger partial charge in [-0.2, -0.15) is 4.98 Å². The molecule has 6 heteroatoms. The molecule has 1 aromatic carbocycles. The van der Waals surface area contributed by atoms with Crippen LogP contribution in [0, 0.1) is 0 Å². The summed E-state index contributed by atoms with van der Waals surface area (Å²) in [6.07, 6.45) is 1.91. The van der Waals surface area contributed by atoms with Crippen LogP contribution in [0.3, 0.4) is 0 Å². The standard InChI is InChI=1S/C14H9BrCl2N2O/c15-10-7-9(17)4-5-12(10)20-14-11(8-16)19-6-2-1-3-13(19)18-14/h1-7H,8H2. The molecule has 3 nitrogen and oxygen atoms in total. The summed E-state index contributed by atoms with van der Waals surface area (Å²) in [6, 6.07) is 11.1. The molecule has 0 aliphatic rings. The maximum Gasteiger partial charge on any atom is 0.242 e. The number of hydrogen-bond donors (Lipinski definition) is 0. The number of rotatable bonds is 3. The first-order chi connectivity index (χ1) is 9.69. The Morgan fingerprint density at radius 2 is 2.10 bits per heavy atom. The Balaban J connectivity index is 2.06. The molecule has 2 heterocycles. The van der Waals surface area contributed by atoms with Crippen LogP contribution in [-0.2, 0) is 5.88 Å². The van der Waals surface area contributed by atoms with Crippen molar-refractivity contribution in [1.82, 2.24) is 9.38 Å². The Morgan fingerprint density at radius 1 is 1.25 bits per heavy atom. The van der Waals surface area contributed by atoms with Crippen molar-refractivity contribution < 1.29 is 4.74 Å². The van der Waals surface area contributed by atoms with Crippen molar-refractivity contribution in [2.24, 2.45) is 0 Å². The summed E-state index contributed by atoms with van der Waals surface area (Å²) in [6.45, 7) is 0. The average Bonchev–Trinajstić information content (AvgIpc) is 2.79. The molecule has 2 aromatic heterocycles. The molecular weight excluding hydrogens is 363 g/mol. The molecule has 0 aliphatic heterocycles. The van der Waals surface area contributed by atoms with Gasteiger partial charge in [0.2, 0.25) is 5.88 Å². The number of nitrogens with zero attached hydrogens (tertiary/aromatic N) is 2. The highest BCUT2D eigenvalue weighted by molar-refractivity contribution is 9.10. The summed E-state index contributed by atoms with van der Waals surface area (Å²) in [7, 11) is 0. The zero-order valence-electron chi connectivity index (χ0n) is 10.2. The maximum atomic E-state index is 6.01. The minimum absolute atomic E-state index is 0.311. The number of aromatic nitrogens is 2. The van der Waals surface area contributed by atoms with E-state index < -0.39 is 0 Å². The average molecular weight is 372 g/mol. The molecule has 0 N–H and O–H groups in total. The molecule has 0 atom stereocenters. The van der Waals surface area contributed by atoms with Gasteiger partial charge in [-0.25, -0.2) is 0 Å². The minimum Gasteiger partial charge on any atom is -0.436 e. The fraction of sp³-hybridized carbons (Fsp3) is 0.0714. The quantitative estimate of drug-likeness (QED) is 0.585. The molecule has 0 fully saturated rings. The van der Waals surface area contributed by atoms with Gasteiger partial charge in [0.1, 0.15) is 17.1 Å². The van der Waals surface area contributed by atoms with Gasteiger partial charge in [0.15, 0.2) is 0 Å². The molecule has 0 aliphatic carbocycles. The van der Waals surface area contributed by atoms with Crippen LogP contribution in [-0.4, -0.2) is 9.38 Å². The van der Waals surface area contributed by atoms with Crippen LogP contribution < -0.4 is 4.74 Å². The van der Waals surface area contributed by atoms with Gasteiger partial charge < -0.3 is 4.74 Å². The lowest BCUT2D eigenvalue weighted by Gasteiger charge is -2.06. The van der Waals surface area contributed by atoms with Gasteiger partial charge in [-0.15, -0.1) is 11.6 Å². The molecule has 20 heavy (non-hydrogen) atoms. The Bertz CT molecular complexity index is 773. The van der Waals surface area contributed by atoms with Crippen LogP contribution in [0.1, 0.15) is 5.69 Å². The van der Waals surface area contributed by atoms with E-state index in [1.165, 1.54) is 0 Å². The highest BCUT2D eigenvalue weighted by Gasteiger charge is 2.14. The molecular formula is C14H9BrCl2N2O. The molecule has 0 saturated heterocycles. The maximum absolute atomic E-state index is 6.01.